The fourth-order valence-electron chi connectivity index (χ4n) is 3.38. The van der Waals surface area contributed by atoms with Crippen LogP contribution in [-0.4, -0.2) is 6.54 Å². The van der Waals surface area contributed by atoms with Gasteiger partial charge in [-0.05, 0) is 6.42 Å². The van der Waals surface area contributed by atoms with Crippen molar-refractivity contribution in [2.45, 2.75) is 135 Å². The molecule has 0 aromatic carbocycles. The normalized spacial score (nSPS) is 11.2. The van der Waals surface area contributed by atoms with E-state index in [0.29, 0.717) is 6.54 Å². The zero-order chi connectivity index (χ0) is 16.8. The van der Waals surface area contributed by atoms with Gasteiger partial charge in [-0.3, -0.25) is 5.73 Å². The van der Waals surface area contributed by atoms with Crippen LogP contribution in [0.3, 0.4) is 0 Å². The van der Waals surface area contributed by atoms with Crippen molar-refractivity contribution in [3.05, 3.63) is 0 Å². The van der Waals surface area contributed by atoms with Crippen molar-refractivity contribution in [2.75, 3.05) is 6.54 Å². The molecule has 0 unspecified atom stereocenters. The lowest BCUT2D eigenvalue weighted by molar-refractivity contribution is 0.522. The van der Waals surface area contributed by atoms with Crippen LogP contribution in [0.5, 0.6) is 0 Å². The third kappa shape index (κ3) is 22.0. The molecule has 0 fully saturated rings. The van der Waals surface area contributed by atoms with Crippen molar-refractivity contribution >= 4 is 0 Å². The highest BCUT2D eigenvalue weighted by Gasteiger charge is 1.95. The van der Waals surface area contributed by atoms with Crippen LogP contribution < -0.4 is 5.73 Å². The summed E-state index contributed by atoms with van der Waals surface area (Å²) in [7, 11) is 0. The first-order chi connectivity index (χ1) is 11.4. The zero-order valence-electron chi connectivity index (χ0n) is 16.3. The molecule has 0 heterocycles. The lowest BCUT2D eigenvalue weighted by Gasteiger charge is -2.04. The van der Waals surface area contributed by atoms with Crippen molar-refractivity contribution in [3.63, 3.8) is 0 Å². The second-order valence-corrected chi connectivity index (χ2v) is 7.47. The van der Waals surface area contributed by atoms with E-state index in [9.17, 15) is 0 Å². The Morgan fingerprint density at radius 2 is 0.565 bits per heavy atom. The van der Waals surface area contributed by atoms with E-state index in [4.69, 9.17) is 5.73 Å². The Morgan fingerprint density at radius 3 is 0.783 bits per heavy atom. The molecule has 139 valence electrons. The number of nitrogens with one attached hydrogen (secondary N) is 1. The quantitative estimate of drug-likeness (QED) is 0.202. The molecule has 0 atom stereocenters. The predicted octanol–water partition coefficient (Wildman–Crippen LogP) is 8.09. The van der Waals surface area contributed by atoms with Crippen LogP contribution >= 0.6 is 0 Å². The summed E-state index contributed by atoms with van der Waals surface area (Å²) < 4.78 is 0. The fourth-order valence-corrected chi connectivity index (χ4v) is 3.38. The first-order valence-electron chi connectivity index (χ1n) is 11.1. The van der Waals surface area contributed by atoms with E-state index in [1.165, 1.54) is 122 Å². The first kappa shape index (κ1) is 23.0. The van der Waals surface area contributed by atoms with Gasteiger partial charge < -0.3 is 0 Å². The molecular formula is C22H46N. The third-order valence-electron chi connectivity index (χ3n) is 5.03. The van der Waals surface area contributed by atoms with Crippen LogP contribution in [0.2, 0.25) is 0 Å². The Kier molecular flexibility index (Phi) is 21.9. The summed E-state index contributed by atoms with van der Waals surface area (Å²) in [5.41, 5.74) is 7.11. The standard InChI is InChI=1S/C22H46N/c1-2-3-4-5-6-7-8-9-10-11-12-13-14-15-16-17-18-19-20-21-22-23/h23H,2-22H2,1H3. The monoisotopic (exact) mass is 324 g/mol. The molecule has 1 heteroatoms. The maximum Gasteiger partial charge on any atom is 0.00997 e. The molecule has 0 aliphatic heterocycles. The molecule has 23 heavy (non-hydrogen) atoms. The summed E-state index contributed by atoms with van der Waals surface area (Å²) in [5, 5.41) is 0. The van der Waals surface area contributed by atoms with Gasteiger partial charge in [-0.2, -0.15) is 0 Å². The van der Waals surface area contributed by atoms with Gasteiger partial charge in [-0.25, -0.2) is 0 Å². The van der Waals surface area contributed by atoms with Crippen molar-refractivity contribution < 1.29 is 0 Å². The van der Waals surface area contributed by atoms with Crippen LogP contribution in [0.25, 0.3) is 0 Å². The minimum atomic E-state index is 0.624. The van der Waals surface area contributed by atoms with Gasteiger partial charge in [-0.15, -0.1) is 0 Å². The summed E-state index contributed by atoms with van der Waals surface area (Å²) >= 11 is 0. The van der Waals surface area contributed by atoms with Crippen molar-refractivity contribution in [1.82, 2.24) is 5.73 Å². The third-order valence-corrected chi connectivity index (χ3v) is 5.03. The van der Waals surface area contributed by atoms with Gasteiger partial charge in [0.05, 0.1) is 0 Å². The predicted molar refractivity (Wildman–Crippen MR) is 106 cm³/mol. The molecular weight excluding hydrogens is 278 g/mol. The van der Waals surface area contributed by atoms with E-state index in [1.807, 2.05) is 0 Å². The lowest BCUT2D eigenvalue weighted by Crippen LogP contribution is -1.86. The minimum Gasteiger partial charge on any atom is -0.258 e. The SMILES string of the molecule is CCCCCCCCCCCCCCCCCCCCCC[NH]. The van der Waals surface area contributed by atoms with Crippen molar-refractivity contribution in [1.29, 1.82) is 0 Å². The molecule has 1 N–H and O–H groups in total. The largest absolute Gasteiger partial charge is 0.258 e. The van der Waals surface area contributed by atoms with Gasteiger partial charge in [-0.1, -0.05) is 129 Å². The maximum atomic E-state index is 7.11. The number of hydrogen-bond donors (Lipinski definition) is 0. The van der Waals surface area contributed by atoms with Crippen molar-refractivity contribution in [2.24, 2.45) is 0 Å². The molecule has 0 bridgehead atoms. The van der Waals surface area contributed by atoms with E-state index in [0.717, 1.165) is 6.42 Å². The summed E-state index contributed by atoms with van der Waals surface area (Å²) in [6, 6.07) is 0. The van der Waals surface area contributed by atoms with E-state index < -0.39 is 0 Å². The second kappa shape index (κ2) is 22.0. The Balaban J connectivity index is 2.92. The average Bonchev–Trinajstić information content (AvgIpc) is 2.57. The highest BCUT2D eigenvalue weighted by molar-refractivity contribution is 4.50. The van der Waals surface area contributed by atoms with Gasteiger partial charge in [0.15, 0.2) is 0 Å². The molecule has 0 saturated carbocycles. The average molecular weight is 325 g/mol. The van der Waals surface area contributed by atoms with E-state index >= 15 is 0 Å². The Morgan fingerprint density at radius 1 is 0.348 bits per heavy atom. The van der Waals surface area contributed by atoms with Gasteiger partial charge in [0, 0.05) is 6.54 Å². The summed E-state index contributed by atoms with van der Waals surface area (Å²) in [5.74, 6) is 0. The summed E-state index contributed by atoms with van der Waals surface area (Å²) in [4.78, 5) is 0. The van der Waals surface area contributed by atoms with Gasteiger partial charge in [0.25, 0.3) is 0 Å². The van der Waals surface area contributed by atoms with Crippen LogP contribution in [0.4, 0.5) is 0 Å². The highest BCUT2D eigenvalue weighted by Crippen LogP contribution is 2.14. The van der Waals surface area contributed by atoms with Gasteiger partial charge in [0.1, 0.15) is 0 Å². The maximum absolute atomic E-state index is 7.11. The lowest BCUT2D eigenvalue weighted by atomic mass is 10.0. The highest BCUT2D eigenvalue weighted by atomic mass is 14.5. The molecule has 0 aliphatic carbocycles. The number of unbranched alkanes of at least 4 members (excludes halogenated alkanes) is 19. The molecule has 0 saturated heterocycles. The van der Waals surface area contributed by atoms with Crippen molar-refractivity contribution in [3.8, 4) is 0 Å². The van der Waals surface area contributed by atoms with Crippen LogP contribution in [0.15, 0.2) is 0 Å². The fraction of sp³-hybridized carbons (Fsp3) is 1.00. The van der Waals surface area contributed by atoms with E-state index in [1.54, 1.807) is 0 Å². The smallest absolute Gasteiger partial charge is 0.00997 e. The van der Waals surface area contributed by atoms with Crippen LogP contribution in [-0.2, 0) is 0 Å². The molecule has 1 nitrogen and oxygen atoms in total. The van der Waals surface area contributed by atoms with Crippen LogP contribution in [0.1, 0.15) is 135 Å². The molecule has 0 aliphatic rings. The zero-order valence-corrected chi connectivity index (χ0v) is 16.3. The van der Waals surface area contributed by atoms with E-state index in [-0.39, 0.29) is 0 Å². The summed E-state index contributed by atoms with van der Waals surface area (Å²) in [6.45, 7) is 2.92. The molecule has 0 aromatic heterocycles. The number of hydrogen-bond acceptors (Lipinski definition) is 0. The first-order valence-corrected chi connectivity index (χ1v) is 11.1. The Hall–Kier alpha value is -0.0400. The topological polar surface area (TPSA) is 23.8 Å². The molecule has 0 rings (SSSR count). The minimum absolute atomic E-state index is 0.624. The Bertz CT molecular complexity index is 170. The molecule has 0 aromatic rings. The van der Waals surface area contributed by atoms with Crippen LogP contribution in [0, 0.1) is 0 Å². The second-order valence-electron chi connectivity index (χ2n) is 7.47. The number of rotatable bonds is 20. The Labute approximate surface area is 148 Å². The summed E-state index contributed by atoms with van der Waals surface area (Å²) in [6.07, 6.45) is 28.5. The molecule has 1 radical (unpaired) electrons. The molecule has 0 spiro atoms. The van der Waals surface area contributed by atoms with E-state index in [2.05, 4.69) is 6.92 Å². The molecule has 0 amide bonds. The van der Waals surface area contributed by atoms with Gasteiger partial charge in [0.2, 0.25) is 0 Å². The van der Waals surface area contributed by atoms with Gasteiger partial charge >= 0.3 is 0 Å².